The van der Waals surface area contributed by atoms with E-state index < -0.39 is 0 Å². The van der Waals surface area contributed by atoms with Crippen LogP contribution in [0.15, 0.2) is 18.5 Å². The maximum atomic E-state index is 6.07. The molecule has 0 unspecified atom stereocenters. The first-order valence-corrected chi connectivity index (χ1v) is 6.22. The molecular formula is C16H20N2. The van der Waals surface area contributed by atoms with Crippen LogP contribution in [0.5, 0.6) is 0 Å². The number of nitrogens with zero attached hydrogens (tertiary/aromatic N) is 1. The molecule has 0 aliphatic heterocycles. The van der Waals surface area contributed by atoms with Gasteiger partial charge < -0.3 is 5.73 Å². The molecule has 0 aliphatic rings. The lowest BCUT2D eigenvalue weighted by Gasteiger charge is -2.19. The van der Waals surface area contributed by atoms with Gasteiger partial charge in [-0.25, -0.2) is 0 Å². The Morgan fingerprint density at radius 1 is 0.833 bits per heavy atom. The average molecular weight is 240 g/mol. The first kappa shape index (κ1) is 12.6. The summed E-state index contributed by atoms with van der Waals surface area (Å²) in [5, 5.41) is 0. The van der Waals surface area contributed by atoms with Crippen LogP contribution in [-0.2, 0) is 0 Å². The molecule has 2 nitrogen and oxygen atoms in total. The van der Waals surface area contributed by atoms with E-state index in [2.05, 4.69) is 39.6 Å². The molecule has 1 heterocycles. The molecule has 2 aromatic rings. The largest absolute Gasteiger partial charge is 0.397 e. The van der Waals surface area contributed by atoms with Gasteiger partial charge in [0.05, 0.1) is 11.9 Å². The molecule has 2 heteroatoms. The van der Waals surface area contributed by atoms with Gasteiger partial charge in [-0.3, -0.25) is 4.98 Å². The number of pyridine rings is 1. The average Bonchev–Trinajstić information content (AvgIpc) is 2.36. The lowest BCUT2D eigenvalue weighted by atomic mass is 9.86. The minimum Gasteiger partial charge on any atom is -0.397 e. The van der Waals surface area contributed by atoms with E-state index in [9.17, 15) is 0 Å². The highest BCUT2D eigenvalue weighted by Crippen LogP contribution is 2.36. The summed E-state index contributed by atoms with van der Waals surface area (Å²) in [7, 11) is 0. The Morgan fingerprint density at radius 3 is 1.83 bits per heavy atom. The van der Waals surface area contributed by atoms with Gasteiger partial charge in [0.2, 0.25) is 0 Å². The molecule has 0 spiro atoms. The van der Waals surface area contributed by atoms with Crippen molar-refractivity contribution in [3.8, 4) is 11.1 Å². The first-order valence-electron chi connectivity index (χ1n) is 6.22. The fourth-order valence-corrected chi connectivity index (χ4v) is 2.54. The van der Waals surface area contributed by atoms with Crippen LogP contribution in [0.1, 0.15) is 27.8 Å². The van der Waals surface area contributed by atoms with Crippen LogP contribution >= 0.6 is 0 Å². The number of anilines is 1. The smallest absolute Gasteiger partial charge is 0.0580 e. The summed E-state index contributed by atoms with van der Waals surface area (Å²) in [6.45, 7) is 10.9. The molecule has 2 N–H and O–H groups in total. The third-order valence-electron chi connectivity index (χ3n) is 4.12. The van der Waals surface area contributed by atoms with E-state index >= 15 is 0 Å². The second kappa shape index (κ2) is 4.45. The molecule has 0 bridgehead atoms. The summed E-state index contributed by atoms with van der Waals surface area (Å²) < 4.78 is 0. The summed E-state index contributed by atoms with van der Waals surface area (Å²) in [5.74, 6) is 0. The predicted octanol–water partition coefficient (Wildman–Crippen LogP) is 3.87. The van der Waals surface area contributed by atoms with Crippen LogP contribution in [0.2, 0.25) is 0 Å². The predicted molar refractivity (Wildman–Crippen MR) is 77.8 cm³/mol. The summed E-state index contributed by atoms with van der Waals surface area (Å²) in [6, 6.07) is 2.00. The Labute approximate surface area is 109 Å². The zero-order valence-electron chi connectivity index (χ0n) is 11.8. The molecule has 94 valence electrons. The summed E-state index contributed by atoms with van der Waals surface area (Å²) >= 11 is 0. The van der Waals surface area contributed by atoms with E-state index in [1.54, 1.807) is 12.4 Å². The van der Waals surface area contributed by atoms with E-state index in [1.807, 2.05) is 6.07 Å². The Morgan fingerprint density at radius 2 is 1.33 bits per heavy atom. The zero-order chi connectivity index (χ0) is 13.4. The van der Waals surface area contributed by atoms with Gasteiger partial charge in [-0.2, -0.15) is 0 Å². The molecule has 2 rings (SSSR count). The fourth-order valence-electron chi connectivity index (χ4n) is 2.54. The Balaban J connectivity index is 2.85. The summed E-state index contributed by atoms with van der Waals surface area (Å²) in [4.78, 5) is 4.07. The first-order chi connectivity index (χ1) is 8.45. The minimum absolute atomic E-state index is 0.742. The lowest BCUT2D eigenvalue weighted by Crippen LogP contribution is -2.01. The van der Waals surface area contributed by atoms with Gasteiger partial charge in [0.25, 0.3) is 0 Å². The lowest BCUT2D eigenvalue weighted by molar-refractivity contribution is 1.18. The van der Waals surface area contributed by atoms with Crippen molar-refractivity contribution >= 4 is 5.69 Å². The highest BCUT2D eigenvalue weighted by molar-refractivity contribution is 5.82. The fraction of sp³-hybridized carbons (Fsp3) is 0.312. The van der Waals surface area contributed by atoms with Gasteiger partial charge in [-0.1, -0.05) is 0 Å². The molecule has 18 heavy (non-hydrogen) atoms. The number of rotatable bonds is 1. The van der Waals surface area contributed by atoms with Gasteiger partial charge >= 0.3 is 0 Å². The van der Waals surface area contributed by atoms with Gasteiger partial charge in [0.15, 0.2) is 0 Å². The Hall–Kier alpha value is -1.83. The van der Waals surface area contributed by atoms with E-state index in [1.165, 1.54) is 33.4 Å². The molecule has 0 saturated carbocycles. The molecule has 0 saturated heterocycles. The third-order valence-corrected chi connectivity index (χ3v) is 4.12. The Bertz CT molecular complexity index is 584. The highest BCUT2D eigenvalue weighted by atomic mass is 14.7. The van der Waals surface area contributed by atoms with E-state index in [-0.39, 0.29) is 0 Å². The molecule has 0 radical (unpaired) electrons. The number of benzene rings is 1. The maximum Gasteiger partial charge on any atom is 0.0580 e. The standard InChI is InChI=1S/C16H20N2/c1-9-10(2)12(4)16(13(5)11(9)3)14-6-7-18-8-15(14)17/h6-8H,17H2,1-5H3. The molecule has 0 fully saturated rings. The quantitative estimate of drug-likeness (QED) is 0.821. The second-order valence-corrected chi connectivity index (χ2v) is 4.96. The number of nitrogen functional groups attached to an aromatic ring is 1. The van der Waals surface area contributed by atoms with E-state index in [0.29, 0.717) is 0 Å². The van der Waals surface area contributed by atoms with Crippen LogP contribution in [0.4, 0.5) is 5.69 Å². The maximum absolute atomic E-state index is 6.07. The topological polar surface area (TPSA) is 38.9 Å². The third kappa shape index (κ3) is 1.78. The van der Waals surface area contributed by atoms with Gasteiger partial charge in [-0.15, -0.1) is 0 Å². The highest BCUT2D eigenvalue weighted by Gasteiger charge is 2.15. The van der Waals surface area contributed by atoms with Crippen molar-refractivity contribution in [2.75, 3.05) is 5.73 Å². The van der Waals surface area contributed by atoms with Gasteiger partial charge in [0, 0.05) is 11.8 Å². The van der Waals surface area contributed by atoms with Crippen molar-refractivity contribution in [2.24, 2.45) is 0 Å². The van der Waals surface area contributed by atoms with Crippen LogP contribution in [0, 0.1) is 34.6 Å². The number of aromatic nitrogens is 1. The van der Waals surface area contributed by atoms with Crippen LogP contribution in [0.25, 0.3) is 11.1 Å². The SMILES string of the molecule is Cc1c(C)c(C)c(-c2ccncc2N)c(C)c1C. The van der Waals surface area contributed by atoms with E-state index in [0.717, 1.165) is 11.3 Å². The van der Waals surface area contributed by atoms with Gasteiger partial charge in [-0.05, 0) is 74.1 Å². The van der Waals surface area contributed by atoms with Crippen molar-refractivity contribution in [2.45, 2.75) is 34.6 Å². The molecule has 1 aromatic heterocycles. The molecule has 0 aliphatic carbocycles. The van der Waals surface area contributed by atoms with Crippen molar-refractivity contribution in [3.05, 3.63) is 46.3 Å². The monoisotopic (exact) mass is 240 g/mol. The molecule has 1 aromatic carbocycles. The number of hydrogen-bond donors (Lipinski definition) is 1. The normalized spacial score (nSPS) is 10.7. The minimum atomic E-state index is 0.742. The molecular weight excluding hydrogens is 220 g/mol. The van der Waals surface area contributed by atoms with Crippen molar-refractivity contribution < 1.29 is 0 Å². The van der Waals surface area contributed by atoms with Crippen LogP contribution in [-0.4, -0.2) is 4.98 Å². The van der Waals surface area contributed by atoms with Crippen LogP contribution < -0.4 is 5.73 Å². The van der Waals surface area contributed by atoms with Gasteiger partial charge in [0.1, 0.15) is 0 Å². The zero-order valence-corrected chi connectivity index (χ0v) is 11.8. The number of hydrogen-bond acceptors (Lipinski definition) is 2. The molecule has 0 atom stereocenters. The van der Waals surface area contributed by atoms with Crippen LogP contribution in [0.3, 0.4) is 0 Å². The second-order valence-electron chi connectivity index (χ2n) is 4.96. The summed E-state index contributed by atoms with van der Waals surface area (Å²) in [5.41, 5.74) is 15.9. The summed E-state index contributed by atoms with van der Waals surface area (Å²) in [6.07, 6.45) is 3.52. The molecule has 0 amide bonds. The van der Waals surface area contributed by atoms with Crippen molar-refractivity contribution in [1.29, 1.82) is 0 Å². The van der Waals surface area contributed by atoms with E-state index in [4.69, 9.17) is 5.73 Å². The number of nitrogens with two attached hydrogens (primary N) is 1. The van der Waals surface area contributed by atoms with Crippen molar-refractivity contribution in [3.63, 3.8) is 0 Å². The Kier molecular flexibility index (Phi) is 3.12. The van der Waals surface area contributed by atoms with Crippen molar-refractivity contribution in [1.82, 2.24) is 4.98 Å².